The number of aliphatic hydroxyl groups is 1. The molecule has 0 spiro atoms. The van der Waals surface area contributed by atoms with E-state index in [1.807, 2.05) is 24.3 Å². The summed E-state index contributed by atoms with van der Waals surface area (Å²) >= 11 is 0. The SMILES string of the molecule is CCCCOc1ccc(Nc2ncnc(N3CCN(CCO)CC3)c2N)cc1. The van der Waals surface area contributed by atoms with E-state index >= 15 is 0 Å². The molecule has 3 rings (SSSR count). The summed E-state index contributed by atoms with van der Waals surface area (Å²) in [6.45, 7) is 7.18. The first kappa shape index (κ1) is 20.2. The molecular weight excluding hydrogens is 356 g/mol. The highest BCUT2D eigenvalue weighted by atomic mass is 16.5. The van der Waals surface area contributed by atoms with Crippen LogP contribution in [0.1, 0.15) is 19.8 Å². The molecule has 0 aliphatic carbocycles. The van der Waals surface area contributed by atoms with Gasteiger partial charge in [0.25, 0.3) is 0 Å². The molecule has 0 radical (unpaired) electrons. The molecule has 8 nitrogen and oxygen atoms in total. The number of benzene rings is 1. The maximum absolute atomic E-state index is 9.08. The highest BCUT2D eigenvalue weighted by molar-refractivity contribution is 5.78. The van der Waals surface area contributed by atoms with Crippen molar-refractivity contribution in [2.24, 2.45) is 0 Å². The number of nitrogens with one attached hydrogen (secondary N) is 1. The van der Waals surface area contributed by atoms with Gasteiger partial charge in [0.2, 0.25) is 0 Å². The van der Waals surface area contributed by atoms with Crippen molar-refractivity contribution in [2.75, 3.05) is 61.9 Å². The van der Waals surface area contributed by atoms with Crippen LogP contribution in [0.3, 0.4) is 0 Å². The number of anilines is 4. The van der Waals surface area contributed by atoms with Crippen molar-refractivity contribution in [3.63, 3.8) is 0 Å². The first-order valence-electron chi connectivity index (χ1n) is 9.89. The number of rotatable bonds is 9. The van der Waals surface area contributed by atoms with E-state index in [0.29, 0.717) is 18.1 Å². The predicted molar refractivity (Wildman–Crippen MR) is 112 cm³/mol. The van der Waals surface area contributed by atoms with Crippen LogP contribution in [-0.2, 0) is 0 Å². The Balaban J connectivity index is 1.63. The summed E-state index contributed by atoms with van der Waals surface area (Å²) in [6.07, 6.45) is 3.70. The Bertz CT molecular complexity index is 732. The highest BCUT2D eigenvalue weighted by Gasteiger charge is 2.21. The lowest BCUT2D eigenvalue weighted by Gasteiger charge is -2.35. The van der Waals surface area contributed by atoms with Gasteiger partial charge in [-0.2, -0.15) is 0 Å². The summed E-state index contributed by atoms with van der Waals surface area (Å²) < 4.78 is 5.70. The number of hydrogen-bond acceptors (Lipinski definition) is 8. The summed E-state index contributed by atoms with van der Waals surface area (Å²) in [7, 11) is 0. The lowest BCUT2D eigenvalue weighted by Crippen LogP contribution is -2.47. The van der Waals surface area contributed by atoms with Crippen LogP contribution in [0.15, 0.2) is 30.6 Å². The Kier molecular flexibility index (Phi) is 7.27. The average Bonchev–Trinajstić information content (AvgIpc) is 2.72. The Labute approximate surface area is 166 Å². The Morgan fingerprint density at radius 3 is 2.57 bits per heavy atom. The first-order valence-corrected chi connectivity index (χ1v) is 9.89. The molecule has 2 heterocycles. The average molecular weight is 387 g/mol. The maximum Gasteiger partial charge on any atom is 0.159 e. The molecule has 1 aromatic heterocycles. The third kappa shape index (κ3) is 5.24. The number of aliphatic hydroxyl groups excluding tert-OH is 1. The summed E-state index contributed by atoms with van der Waals surface area (Å²) in [4.78, 5) is 13.1. The van der Waals surface area contributed by atoms with Crippen molar-refractivity contribution < 1.29 is 9.84 Å². The fourth-order valence-corrected chi connectivity index (χ4v) is 3.17. The van der Waals surface area contributed by atoms with E-state index in [9.17, 15) is 0 Å². The molecule has 1 aliphatic rings. The van der Waals surface area contributed by atoms with Crippen molar-refractivity contribution in [2.45, 2.75) is 19.8 Å². The number of ether oxygens (including phenoxy) is 1. The second kappa shape index (κ2) is 10.1. The molecule has 0 atom stereocenters. The molecule has 1 saturated heterocycles. The van der Waals surface area contributed by atoms with Crippen LogP contribution in [0.25, 0.3) is 0 Å². The lowest BCUT2D eigenvalue weighted by molar-refractivity contribution is 0.188. The van der Waals surface area contributed by atoms with Gasteiger partial charge in [-0.3, -0.25) is 4.90 Å². The van der Waals surface area contributed by atoms with Crippen LogP contribution in [0, 0.1) is 0 Å². The van der Waals surface area contributed by atoms with Gasteiger partial charge in [-0.25, -0.2) is 9.97 Å². The fraction of sp³-hybridized carbons (Fsp3) is 0.500. The van der Waals surface area contributed by atoms with Crippen LogP contribution in [0.5, 0.6) is 5.75 Å². The molecule has 0 saturated carbocycles. The van der Waals surface area contributed by atoms with E-state index < -0.39 is 0 Å². The molecule has 8 heteroatoms. The number of nitrogens with two attached hydrogens (primary N) is 1. The molecule has 1 fully saturated rings. The van der Waals surface area contributed by atoms with Gasteiger partial charge in [0, 0.05) is 38.4 Å². The molecule has 0 bridgehead atoms. The molecule has 1 aliphatic heterocycles. The van der Waals surface area contributed by atoms with Crippen LogP contribution in [-0.4, -0.2) is 65.9 Å². The van der Waals surface area contributed by atoms with Crippen LogP contribution in [0.2, 0.25) is 0 Å². The molecule has 0 unspecified atom stereocenters. The third-order valence-electron chi connectivity index (χ3n) is 4.83. The van der Waals surface area contributed by atoms with Gasteiger partial charge >= 0.3 is 0 Å². The fourth-order valence-electron chi connectivity index (χ4n) is 3.17. The van der Waals surface area contributed by atoms with Gasteiger partial charge < -0.3 is 25.8 Å². The van der Waals surface area contributed by atoms with Crippen molar-refractivity contribution in [3.8, 4) is 5.75 Å². The van der Waals surface area contributed by atoms with E-state index in [0.717, 1.165) is 62.9 Å². The molecule has 2 aromatic rings. The first-order chi connectivity index (χ1) is 13.7. The zero-order chi connectivity index (χ0) is 19.8. The zero-order valence-electron chi connectivity index (χ0n) is 16.5. The number of hydrogen-bond donors (Lipinski definition) is 3. The van der Waals surface area contributed by atoms with Crippen molar-refractivity contribution in [1.82, 2.24) is 14.9 Å². The topological polar surface area (TPSA) is 99.8 Å². The van der Waals surface area contributed by atoms with Gasteiger partial charge in [0.05, 0.1) is 13.2 Å². The molecule has 152 valence electrons. The van der Waals surface area contributed by atoms with Crippen molar-refractivity contribution in [3.05, 3.63) is 30.6 Å². The Morgan fingerprint density at radius 2 is 1.89 bits per heavy atom. The Morgan fingerprint density at radius 1 is 1.14 bits per heavy atom. The van der Waals surface area contributed by atoms with Crippen molar-refractivity contribution >= 4 is 23.0 Å². The van der Waals surface area contributed by atoms with Gasteiger partial charge in [0.1, 0.15) is 17.8 Å². The van der Waals surface area contributed by atoms with Crippen LogP contribution >= 0.6 is 0 Å². The number of piperazine rings is 1. The van der Waals surface area contributed by atoms with Gasteiger partial charge in [0.15, 0.2) is 11.6 Å². The molecule has 4 N–H and O–H groups in total. The predicted octanol–water partition coefficient (Wildman–Crippen LogP) is 2.10. The van der Waals surface area contributed by atoms with E-state index in [1.165, 1.54) is 6.33 Å². The molecule has 0 amide bonds. The molecular formula is C20H30N6O2. The van der Waals surface area contributed by atoms with Crippen LogP contribution < -0.4 is 20.7 Å². The highest BCUT2D eigenvalue weighted by Crippen LogP contribution is 2.29. The standard InChI is InChI=1S/C20H30N6O2/c1-2-3-14-28-17-6-4-16(5-7-17)24-19-18(21)20(23-15-22-19)26-10-8-25(9-11-26)12-13-27/h4-7,15,27H,2-3,8-14,21H2,1H3,(H,22,23,24). The number of aromatic nitrogens is 2. The monoisotopic (exact) mass is 386 g/mol. The number of β-amino-alcohol motifs (C(OH)–C–C–N with tert-alkyl or cyclic N) is 1. The zero-order valence-corrected chi connectivity index (χ0v) is 16.5. The van der Waals surface area contributed by atoms with E-state index in [-0.39, 0.29) is 6.61 Å². The quantitative estimate of drug-likeness (QED) is 0.564. The van der Waals surface area contributed by atoms with E-state index in [2.05, 4.69) is 32.0 Å². The van der Waals surface area contributed by atoms with Gasteiger partial charge in [-0.05, 0) is 30.7 Å². The molecule has 28 heavy (non-hydrogen) atoms. The normalized spacial score (nSPS) is 14.9. The lowest BCUT2D eigenvalue weighted by atomic mass is 10.2. The van der Waals surface area contributed by atoms with E-state index in [4.69, 9.17) is 15.6 Å². The second-order valence-corrected chi connectivity index (χ2v) is 6.86. The minimum atomic E-state index is 0.187. The number of nitrogen functional groups attached to an aromatic ring is 1. The van der Waals surface area contributed by atoms with Gasteiger partial charge in [-0.15, -0.1) is 0 Å². The number of nitrogens with zero attached hydrogens (tertiary/aromatic N) is 4. The Hall–Kier alpha value is -2.58. The third-order valence-corrected chi connectivity index (χ3v) is 4.83. The second-order valence-electron chi connectivity index (χ2n) is 6.86. The number of unbranched alkanes of at least 4 members (excludes halogenated alkanes) is 1. The summed E-state index contributed by atoms with van der Waals surface area (Å²) in [6, 6.07) is 7.79. The summed E-state index contributed by atoms with van der Waals surface area (Å²) in [5, 5.41) is 12.4. The largest absolute Gasteiger partial charge is 0.494 e. The maximum atomic E-state index is 9.08. The van der Waals surface area contributed by atoms with Crippen molar-refractivity contribution in [1.29, 1.82) is 0 Å². The smallest absolute Gasteiger partial charge is 0.159 e. The van der Waals surface area contributed by atoms with Gasteiger partial charge in [-0.1, -0.05) is 13.3 Å². The minimum absolute atomic E-state index is 0.187. The van der Waals surface area contributed by atoms with Crippen LogP contribution in [0.4, 0.5) is 23.0 Å². The minimum Gasteiger partial charge on any atom is -0.494 e. The summed E-state index contributed by atoms with van der Waals surface area (Å²) in [5.41, 5.74) is 7.80. The van der Waals surface area contributed by atoms with E-state index in [1.54, 1.807) is 0 Å². The summed E-state index contributed by atoms with van der Waals surface area (Å²) in [5.74, 6) is 2.21. The molecule has 1 aromatic carbocycles.